The van der Waals surface area contributed by atoms with Crippen molar-refractivity contribution in [3.63, 3.8) is 0 Å². The molecule has 0 aliphatic heterocycles. The summed E-state index contributed by atoms with van der Waals surface area (Å²) >= 11 is 3.13. The molecule has 2 aromatic rings. The molecule has 0 heterocycles. The summed E-state index contributed by atoms with van der Waals surface area (Å²) in [6.45, 7) is 0. The zero-order valence-electron chi connectivity index (χ0n) is 13.3. The molecule has 0 radical (unpaired) electrons. The van der Waals surface area contributed by atoms with Gasteiger partial charge >= 0.3 is 146 Å². The van der Waals surface area contributed by atoms with E-state index in [1.54, 1.807) is 42.5 Å². The summed E-state index contributed by atoms with van der Waals surface area (Å²) in [6.07, 6.45) is 1.65. The molecule has 0 N–H and O–H groups in total. The standard InChI is InChI=1S/C15H10ClFO2.3CH3.Sn/c16-12-6-4-11(5-7-12)14(15(18)19)9-10-2-1-3-13(17)8-10;;;;/h1-9H,(H,18,19);3*1H3;/q;;;;+1/p-1/b14-9+;;;;. The van der Waals surface area contributed by atoms with Crippen LogP contribution in [0.3, 0.4) is 0 Å². The minimum atomic E-state index is -2.78. The molecule has 5 heteroatoms. The molecule has 0 fully saturated rings. The molecule has 0 aliphatic carbocycles. The maximum atomic E-state index is 13.4. The number of halogens is 2. The van der Waals surface area contributed by atoms with Crippen molar-refractivity contribution in [2.45, 2.75) is 14.8 Å². The van der Waals surface area contributed by atoms with Gasteiger partial charge in [0.2, 0.25) is 0 Å². The average molecular weight is 440 g/mol. The van der Waals surface area contributed by atoms with E-state index in [4.69, 9.17) is 14.7 Å². The number of hydrogen-bond donors (Lipinski definition) is 0. The van der Waals surface area contributed by atoms with Crippen LogP contribution >= 0.6 is 11.6 Å². The third-order valence-corrected chi connectivity index (χ3v) is 5.46. The number of rotatable bonds is 4. The first-order valence-corrected chi connectivity index (χ1v) is 17.3. The maximum absolute atomic E-state index is 13.4. The van der Waals surface area contributed by atoms with E-state index < -0.39 is 18.8 Å². The minimum absolute atomic E-state index is 0.349. The van der Waals surface area contributed by atoms with E-state index in [-0.39, 0.29) is 11.8 Å². The number of carbonyl (C=O) groups is 1. The quantitative estimate of drug-likeness (QED) is 0.362. The second-order valence-electron chi connectivity index (χ2n) is 6.12. The Balaban J connectivity index is 2.46. The predicted molar refractivity (Wildman–Crippen MR) is 95.2 cm³/mol. The summed E-state index contributed by atoms with van der Waals surface area (Å²) in [4.78, 5) is 18.6. The normalized spacial score (nSPS) is 12.1. The van der Waals surface area contributed by atoms with E-state index >= 15 is 0 Å². The molecule has 120 valence electrons. The molecule has 0 saturated heterocycles. The van der Waals surface area contributed by atoms with Crippen molar-refractivity contribution >= 4 is 48.0 Å². The van der Waals surface area contributed by atoms with Crippen molar-refractivity contribution in [2.75, 3.05) is 0 Å². The molecule has 0 spiro atoms. The average Bonchev–Trinajstić information content (AvgIpc) is 2.44. The van der Waals surface area contributed by atoms with Crippen LogP contribution in [-0.2, 0) is 7.87 Å². The van der Waals surface area contributed by atoms with Crippen LogP contribution < -0.4 is 0 Å². The summed E-state index contributed by atoms with van der Waals surface area (Å²) in [5, 5.41) is 0.585. The fourth-order valence-corrected chi connectivity index (χ4v) is 4.01. The van der Waals surface area contributed by atoms with Gasteiger partial charge in [0.1, 0.15) is 0 Å². The van der Waals surface area contributed by atoms with Gasteiger partial charge in [-0.2, -0.15) is 0 Å². The Hall–Kier alpha value is -1.33. The molecule has 0 atom stereocenters. The molecule has 23 heavy (non-hydrogen) atoms. The third kappa shape index (κ3) is 5.66. The first-order chi connectivity index (χ1) is 10.7. The molecular weight excluding hydrogens is 421 g/mol. The molecule has 0 amide bonds. The van der Waals surface area contributed by atoms with Gasteiger partial charge in [0.05, 0.1) is 0 Å². The van der Waals surface area contributed by atoms with E-state index in [1.807, 2.05) is 14.8 Å². The molecule has 0 saturated carbocycles. The molecule has 0 bridgehead atoms. The zero-order chi connectivity index (χ0) is 17.0. The van der Waals surface area contributed by atoms with E-state index in [9.17, 15) is 9.18 Å². The summed E-state index contributed by atoms with van der Waals surface area (Å²) in [5.74, 6) is -0.725. The van der Waals surface area contributed by atoms with Crippen molar-refractivity contribution in [1.29, 1.82) is 0 Å². The number of hydrogen-bond acceptors (Lipinski definition) is 2. The molecule has 0 aliphatic rings. The summed E-state index contributed by atoms with van der Waals surface area (Å²) in [5.41, 5.74) is 1.70. The van der Waals surface area contributed by atoms with Gasteiger partial charge in [0, 0.05) is 0 Å². The van der Waals surface area contributed by atoms with Gasteiger partial charge in [-0.3, -0.25) is 0 Å². The second kappa shape index (κ2) is 7.49. The Labute approximate surface area is 145 Å². The fourth-order valence-electron chi connectivity index (χ4n) is 1.99. The Morgan fingerprint density at radius 2 is 1.78 bits per heavy atom. The van der Waals surface area contributed by atoms with E-state index in [0.29, 0.717) is 21.7 Å². The summed E-state index contributed by atoms with van der Waals surface area (Å²) in [6, 6.07) is 13.0. The van der Waals surface area contributed by atoms with Gasteiger partial charge in [0.25, 0.3) is 0 Å². The Bertz CT molecular complexity index is 733. The monoisotopic (exact) mass is 440 g/mol. The van der Waals surface area contributed by atoms with Crippen LogP contribution in [0.1, 0.15) is 11.1 Å². The molecular formula is C18H18ClFO2Sn. The van der Waals surface area contributed by atoms with Crippen LogP contribution in [0.15, 0.2) is 48.5 Å². The van der Waals surface area contributed by atoms with Crippen molar-refractivity contribution in [3.05, 3.63) is 70.5 Å². The van der Waals surface area contributed by atoms with Crippen LogP contribution in [0.2, 0.25) is 19.8 Å². The van der Waals surface area contributed by atoms with Gasteiger partial charge in [-0.15, -0.1) is 0 Å². The molecule has 2 rings (SSSR count). The van der Waals surface area contributed by atoms with Gasteiger partial charge in [-0.05, 0) is 0 Å². The van der Waals surface area contributed by atoms with Crippen LogP contribution in [0.25, 0.3) is 11.6 Å². The van der Waals surface area contributed by atoms with E-state index in [2.05, 4.69) is 0 Å². The van der Waals surface area contributed by atoms with E-state index in [1.165, 1.54) is 12.1 Å². The first kappa shape index (κ1) is 18.0. The van der Waals surface area contributed by atoms with Crippen molar-refractivity contribution in [2.24, 2.45) is 0 Å². The molecule has 0 aromatic heterocycles. The third-order valence-electron chi connectivity index (χ3n) is 2.93. The Kier molecular flexibility index (Phi) is 5.87. The number of benzene rings is 2. The topological polar surface area (TPSA) is 26.3 Å². The van der Waals surface area contributed by atoms with Crippen molar-refractivity contribution in [3.8, 4) is 0 Å². The van der Waals surface area contributed by atoms with Crippen LogP contribution in [0.5, 0.6) is 0 Å². The summed E-state index contributed by atoms with van der Waals surface area (Å²) in [7, 11) is 0. The van der Waals surface area contributed by atoms with Crippen LogP contribution in [0.4, 0.5) is 4.39 Å². The Morgan fingerprint density at radius 1 is 1.13 bits per heavy atom. The van der Waals surface area contributed by atoms with Crippen LogP contribution in [-0.4, -0.2) is 24.8 Å². The van der Waals surface area contributed by atoms with Crippen molar-refractivity contribution in [1.82, 2.24) is 0 Å². The SMILES string of the molecule is [CH3][Sn]([CH3])([CH3])[O]C(=O)/C(=C/c1cccc(F)c1)c1ccc(Cl)cc1. The fraction of sp³-hybridized carbons (Fsp3) is 0.167. The second-order valence-corrected chi connectivity index (χ2v) is 19.2. The molecule has 2 aromatic carbocycles. The molecule has 2 nitrogen and oxygen atoms in total. The van der Waals surface area contributed by atoms with Crippen molar-refractivity contribution < 1.29 is 12.3 Å². The summed E-state index contributed by atoms with van der Waals surface area (Å²) < 4.78 is 19.1. The van der Waals surface area contributed by atoms with Crippen LogP contribution in [0, 0.1) is 5.82 Å². The Morgan fingerprint density at radius 3 is 2.35 bits per heavy atom. The van der Waals surface area contributed by atoms with Gasteiger partial charge in [-0.25, -0.2) is 0 Å². The number of carbonyl (C=O) groups excluding carboxylic acids is 1. The van der Waals surface area contributed by atoms with E-state index in [0.717, 1.165) is 0 Å². The zero-order valence-corrected chi connectivity index (χ0v) is 16.9. The van der Waals surface area contributed by atoms with Gasteiger partial charge in [0.15, 0.2) is 0 Å². The molecule has 0 unspecified atom stereocenters. The van der Waals surface area contributed by atoms with Gasteiger partial charge in [-0.1, -0.05) is 0 Å². The predicted octanol–water partition coefficient (Wildman–Crippen LogP) is 5.40. The van der Waals surface area contributed by atoms with Gasteiger partial charge < -0.3 is 0 Å². The first-order valence-electron chi connectivity index (χ1n) is 7.21.